The smallest absolute Gasteiger partial charge is 0.346 e. The molecule has 0 aromatic heterocycles. The first kappa shape index (κ1) is 10.1. The Morgan fingerprint density at radius 2 is 1.86 bits per heavy atom. The fourth-order valence-electron chi connectivity index (χ4n) is 0.912. The fraction of sp³-hybridized carbons (Fsp3) is 0.100. The number of nitrogens with zero attached hydrogens (tertiary/aromatic N) is 1. The topological polar surface area (TPSA) is 66.7 Å². The van der Waals surface area contributed by atoms with Crippen molar-refractivity contribution in [3.05, 3.63) is 29.8 Å². The lowest BCUT2D eigenvalue weighted by molar-refractivity contribution is -0.128. The summed E-state index contributed by atoms with van der Waals surface area (Å²) in [6, 6.07) is 6.40. The summed E-state index contributed by atoms with van der Waals surface area (Å²) in [4.78, 5) is 24.7. The minimum Gasteiger partial charge on any atom is -0.477 e. The Morgan fingerprint density at radius 1 is 1.29 bits per heavy atom. The summed E-state index contributed by atoms with van der Waals surface area (Å²) in [6.07, 6.45) is 0.808. The average molecular weight is 191 g/mol. The third-order valence-electron chi connectivity index (χ3n) is 1.60. The van der Waals surface area contributed by atoms with Crippen LogP contribution in [0.3, 0.4) is 0 Å². The Labute approximate surface area is 80.9 Å². The summed E-state index contributed by atoms with van der Waals surface area (Å²) in [5.41, 5.74) is 1.09. The van der Waals surface area contributed by atoms with Crippen LogP contribution in [0.25, 0.3) is 0 Å². The van der Waals surface area contributed by atoms with Gasteiger partial charge in [0.05, 0.1) is 5.69 Å². The van der Waals surface area contributed by atoms with Crippen LogP contribution in [0.15, 0.2) is 29.3 Å². The molecule has 72 valence electrons. The molecule has 1 aromatic rings. The average Bonchev–Trinajstić information content (AvgIpc) is 2.15. The van der Waals surface area contributed by atoms with Crippen LogP contribution in [0.2, 0.25) is 0 Å². The van der Waals surface area contributed by atoms with E-state index in [9.17, 15) is 9.59 Å². The van der Waals surface area contributed by atoms with E-state index in [-0.39, 0.29) is 5.78 Å². The molecule has 1 rings (SSSR count). The minimum absolute atomic E-state index is 0.0289. The highest BCUT2D eigenvalue weighted by Gasteiger charge is 1.97. The van der Waals surface area contributed by atoms with Gasteiger partial charge in [0.1, 0.15) is 6.21 Å². The second kappa shape index (κ2) is 4.32. The first-order chi connectivity index (χ1) is 6.59. The van der Waals surface area contributed by atoms with Crippen LogP contribution in [-0.2, 0) is 4.79 Å². The normalized spacial score (nSPS) is 10.4. The van der Waals surface area contributed by atoms with Crippen LogP contribution in [-0.4, -0.2) is 23.1 Å². The number of rotatable bonds is 3. The van der Waals surface area contributed by atoms with Crippen LogP contribution >= 0.6 is 0 Å². The molecule has 14 heavy (non-hydrogen) atoms. The third-order valence-corrected chi connectivity index (χ3v) is 1.60. The Hall–Kier alpha value is -1.97. The predicted molar refractivity (Wildman–Crippen MR) is 52.2 cm³/mol. The minimum atomic E-state index is -1.10. The van der Waals surface area contributed by atoms with Gasteiger partial charge in [-0.1, -0.05) is 0 Å². The SMILES string of the molecule is CC(=O)c1ccc(N=CC(=O)O)cc1. The van der Waals surface area contributed by atoms with Crippen molar-refractivity contribution in [1.29, 1.82) is 0 Å². The Kier molecular flexibility index (Phi) is 3.12. The summed E-state index contributed by atoms with van der Waals surface area (Å²) >= 11 is 0. The molecule has 0 unspecified atom stereocenters. The number of ketones is 1. The zero-order valence-corrected chi connectivity index (χ0v) is 7.60. The van der Waals surface area contributed by atoms with E-state index in [0.717, 1.165) is 6.21 Å². The van der Waals surface area contributed by atoms with Gasteiger partial charge < -0.3 is 5.11 Å². The molecule has 0 spiro atoms. The second-order valence-electron chi connectivity index (χ2n) is 2.70. The maximum absolute atomic E-state index is 10.9. The van der Waals surface area contributed by atoms with Gasteiger partial charge in [-0.2, -0.15) is 0 Å². The molecule has 0 aliphatic rings. The number of aliphatic imine (C=N–C) groups is 1. The van der Waals surface area contributed by atoms with Crippen LogP contribution in [0, 0.1) is 0 Å². The molecule has 0 fully saturated rings. The quantitative estimate of drug-likeness (QED) is 0.583. The summed E-state index contributed by atoms with van der Waals surface area (Å²) in [5.74, 6) is -1.13. The molecule has 0 saturated carbocycles. The number of aliphatic carboxylic acids is 1. The van der Waals surface area contributed by atoms with Crippen LogP contribution in [0.5, 0.6) is 0 Å². The summed E-state index contributed by atoms with van der Waals surface area (Å²) < 4.78 is 0. The molecule has 4 nitrogen and oxygen atoms in total. The molecule has 1 aromatic carbocycles. The van der Waals surface area contributed by atoms with Crippen molar-refractivity contribution in [3.8, 4) is 0 Å². The molecule has 0 heterocycles. The Bertz CT molecular complexity index is 379. The number of benzene rings is 1. The van der Waals surface area contributed by atoms with Crippen LogP contribution < -0.4 is 0 Å². The van der Waals surface area contributed by atoms with Gasteiger partial charge in [0.25, 0.3) is 0 Å². The Balaban J connectivity index is 2.83. The molecule has 0 aliphatic heterocycles. The molecule has 4 heteroatoms. The van der Waals surface area contributed by atoms with Crippen molar-refractivity contribution >= 4 is 23.7 Å². The van der Waals surface area contributed by atoms with Crippen molar-refractivity contribution in [1.82, 2.24) is 0 Å². The summed E-state index contributed by atoms with van der Waals surface area (Å²) in [6.45, 7) is 1.47. The van der Waals surface area contributed by atoms with Gasteiger partial charge in [0.15, 0.2) is 5.78 Å². The molecule has 0 saturated heterocycles. The van der Waals surface area contributed by atoms with E-state index in [2.05, 4.69) is 4.99 Å². The van der Waals surface area contributed by atoms with E-state index >= 15 is 0 Å². The lowest BCUT2D eigenvalue weighted by atomic mass is 10.1. The molecule has 0 atom stereocenters. The van der Waals surface area contributed by atoms with Crippen molar-refractivity contribution in [2.24, 2.45) is 4.99 Å². The van der Waals surface area contributed by atoms with E-state index in [4.69, 9.17) is 5.11 Å². The van der Waals surface area contributed by atoms with Crippen LogP contribution in [0.1, 0.15) is 17.3 Å². The molecular formula is C10H9NO3. The molecule has 0 amide bonds. The van der Waals surface area contributed by atoms with E-state index in [1.54, 1.807) is 24.3 Å². The van der Waals surface area contributed by atoms with Crippen molar-refractivity contribution in [2.75, 3.05) is 0 Å². The van der Waals surface area contributed by atoms with Gasteiger partial charge in [-0.05, 0) is 31.2 Å². The second-order valence-corrected chi connectivity index (χ2v) is 2.70. The fourth-order valence-corrected chi connectivity index (χ4v) is 0.912. The number of hydrogen-bond donors (Lipinski definition) is 1. The van der Waals surface area contributed by atoms with Gasteiger partial charge in [0.2, 0.25) is 0 Å². The largest absolute Gasteiger partial charge is 0.477 e. The number of carbonyl (C=O) groups is 2. The number of Topliss-reactive ketones (excluding diaryl/α,β-unsaturated/α-hetero) is 1. The van der Waals surface area contributed by atoms with E-state index < -0.39 is 5.97 Å². The number of carboxylic acid groups (broad SMARTS) is 1. The predicted octanol–water partition coefficient (Wildman–Crippen LogP) is 1.68. The van der Waals surface area contributed by atoms with Crippen molar-refractivity contribution < 1.29 is 14.7 Å². The molecule has 0 radical (unpaired) electrons. The van der Waals surface area contributed by atoms with Gasteiger partial charge >= 0.3 is 5.97 Å². The first-order valence-corrected chi connectivity index (χ1v) is 3.97. The third kappa shape index (κ3) is 2.82. The number of carbonyl (C=O) groups excluding carboxylic acids is 1. The zero-order valence-electron chi connectivity index (χ0n) is 7.60. The summed E-state index contributed by atoms with van der Waals surface area (Å²) in [7, 11) is 0. The maximum atomic E-state index is 10.9. The van der Waals surface area contributed by atoms with Gasteiger partial charge in [-0.25, -0.2) is 9.79 Å². The van der Waals surface area contributed by atoms with E-state index in [1.165, 1.54) is 6.92 Å². The summed E-state index contributed by atoms with van der Waals surface area (Å²) in [5, 5.41) is 8.31. The van der Waals surface area contributed by atoms with Crippen LogP contribution in [0.4, 0.5) is 5.69 Å². The molecule has 1 N–H and O–H groups in total. The molecule has 0 aliphatic carbocycles. The Morgan fingerprint density at radius 3 is 2.29 bits per heavy atom. The lowest BCUT2D eigenvalue weighted by Crippen LogP contribution is -1.94. The van der Waals surface area contributed by atoms with Crippen molar-refractivity contribution in [2.45, 2.75) is 6.92 Å². The van der Waals surface area contributed by atoms with Gasteiger partial charge in [-0.3, -0.25) is 4.79 Å². The zero-order chi connectivity index (χ0) is 10.6. The maximum Gasteiger partial charge on any atom is 0.346 e. The van der Waals surface area contributed by atoms with E-state index in [0.29, 0.717) is 11.3 Å². The number of hydrogen-bond acceptors (Lipinski definition) is 3. The number of carboxylic acids is 1. The standard InChI is InChI=1S/C10H9NO3/c1-7(12)8-2-4-9(5-3-8)11-6-10(13)14/h2-6H,1H3,(H,13,14). The first-order valence-electron chi connectivity index (χ1n) is 3.97. The van der Waals surface area contributed by atoms with Gasteiger partial charge in [0, 0.05) is 5.56 Å². The molecular weight excluding hydrogens is 182 g/mol. The van der Waals surface area contributed by atoms with Crippen molar-refractivity contribution in [3.63, 3.8) is 0 Å². The highest BCUT2D eigenvalue weighted by atomic mass is 16.4. The highest BCUT2D eigenvalue weighted by molar-refractivity contribution is 6.22. The molecule has 0 bridgehead atoms. The monoisotopic (exact) mass is 191 g/mol. The highest BCUT2D eigenvalue weighted by Crippen LogP contribution is 2.12. The lowest BCUT2D eigenvalue weighted by Gasteiger charge is -1.95. The van der Waals surface area contributed by atoms with Gasteiger partial charge in [-0.15, -0.1) is 0 Å². The van der Waals surface area contributed by atoms with E-state index in [1.807, 2.05) is 0 Å².